The number of benzene rings is 2. The normalized spacial score (nSPS) is 14.8. The van der Waals surface area contributed by atoms with E-state index in [-0.39, 0.29) is 12.5 Å². The molecule has 0 unspecified atom stereocenters. The van der Waals surface area contributed by atoms with Crippen LogP contribution in [-0.4, -0.2) is 24.7 Å². The van der Waals surface area contributed by atoms with Gasteiger partial charge in [-0.05, 0) is 64.7 Å². The summed E-state index contributed by atoms with van der Waals surface area (Å²) in [6.07, 6.45) is 7.65. The monoisotopic (exact) mass is 511 g/mol. The van der Waals surface area contributed by atoms with Crippen LogP contribution in [0.2, 0.25) is 10.0 Å². The second kappa shape index (κ2) is 11.7. The summed E-state index contributed by atoms with van der Waals surface area (Å²) in [5.41, 5.74) is 4.24. The van der Waals surface area contributed by atoms with Crippen molar-refractivity contribution in [3.63, 3.8) is 0 Å². The van der Waals surface area contributed by atoms with Gasteiger partial charge in [0, 0.05) is 21.7 Å². The van der Waals surface area contributed by atoms with E-state index >= 15 is 0 Å². The van der Waals surface area contributed by atoms with Crippen LogP contribution in [0.4, 0.5) is 0 Å². The standard InChI is InChI=1S/C22H24BrCl2N3O2/c23-19-10-15(12-27-28-22(29)13-26-18-4-2-1-3-5-18)6-9-21(19)30-14-16-7-8-17(24)11-20(16)25/h6-12,18,26H,1-5,13-14H2,(H,28,29)/b27-12-. The highest BCUT2D eigenvalue weighted by atomic mass is 79.9. The molecule has 1 fully saturated rings. The van der Waals surface area contributed by atoms with Crippen LogP contribution in [0.5, 0.6) is 5.75 Å². The fourth-order valence-electron chi connectivity index (χ4n) is 3.27. The highest BCUT2D eigenvalue weighted by Gasteiger charge is 2.13. The fourth-order valence-corrected chi connectivity index (χ4v) is 4.24. The van der Waals surface area contributed by atoms with Gasteiger partial charge in [-0.25, -0.2) is 5.43 Å². The number of ether oxygens (including phenoxy) is 1. The summed E-state index contributed by atoms with van der Waals surface area (Å²) in [6, 6.07) is 11.3. The second-order valence-corrected chi connectivity index (χ2v) is 8.92. The molecule has 5 nitrogen and oxygen atoms in total. The Morgan fingerprint density at radius 2 is 1.97 bits per heavy atom. The van der Waals surface area contributed by atoms with E-state index in [0.717, 1.165) is 28.4 Å². The Morgan fingerprint density at radius 1 is 1.17 bits per heavy atom. The Hall–Kier alpha value is -1.60. The second-order valence-electron chi connectivity index (χ2n) is 7.22. The minimum absolute atomic E-state index is 0.143. The average molecular weight is 513 g/mol. The Bertz CT molecular complexity index is 902. The van der Waals surface area contributed by atoms with Crippen molar-refractivity contribution in [3.8, 4) is 5.75 Å². The van der Waals surface area contributed by atoms with Gasteiger partial charge >= 0.3 is 0 Å². The fraction of sp³-hybridized carbons (Fsp3) is 0.364. The first-order valence-electron chi connectivity index (χ1n) is 9.93. The number of rotatable bonds is 8. The number of carbonyl (C=O) groups is 1. The van der Waals surface area contributed by atoms with Gasteiger partial charge in [-0.2, -0.15) is 5.10 Å². The molecule has 1 aliphatic rings. The summed E-state index contributed by atoms with van der Waals surface area (Å²) in [5, 5.41) is 8.48. The van der Waals surface area contributed by atoms with Gasteiger partial charge in [-0.15, -0.1) is 0 Å². The lowest BCUT2D eigenvalue weighted by Gasteiger charge is -2.22. The van der Waals surface area contributed by atoms with Crippen LogP contribution in [-0.2, 0) is 11.4 Å². The maximum absolute atomic E-state index is 11.9. The molecule has 0 bridgehead atoms. The largest absolute Gasteiger partial charge is 0.488 e. The molecular weight excluding hydrogens is 489 g/mol. The van der Waals surface area contributed by atoms with E-state index < -0.39 is 0 Å². The van der Waals surface area contributed by atoms with Gasteiger partial charge in [0.05, 0.1) is 17.2 Å². The van der Waals surface area contributed by atoms with E-state index in [0.29, 0.717) is 28.4 Å². The molecule has 160 valence electrons. The molecule has 0 saturated heterocycles. The SMILES string of the molecule is O=C(CNC1CCCCC1)N/N=C\c1ccc(OCc2ccc(Cl)cc2Cl)c(Br)c1. The van der Waals surface area contributed by atoms with Crippen LogP contribution in [0.15, 0.2) is 46.0 Å². The minimum atomic E-state index is -0.143. The van der Waals surface area contributed by atoms with Gasteiger partial charge in [0.25, 0.3) is 5.91 Å². The van der Waals surface area contributed by atoms with Gasteiger partial charge in [0.15, 0.2) is 0 Å². The number of halogens is 3. The number of nitrogens with one attached hydrogen (secondary N) is 2. The maximum atomic E-state index is 11.9. The zero-order valence-corrected chi connectivity index (χ0v) is 19.6. The number of hydrogen-bond acceptors (Lipinski definition) is 4. The molecule has 0 atom stereocenters. The predicted molar refractivity (Wildman–Crippen MR) is 126 cm³/mol. The van der Waals surface area contributed by atoms with Crippen molar-refractivity contribution in [1.82, 2.24) is 10.7 Å². The Balaban J connectivity index is 1.46. The Morgan fingerprint density at radius 3 is 2.70 bits per heavy atom. The van der Waals surface area contributed by atoms with E-state index in [4.69, 9.17) is 27.9 Å². The van der Waals surface area contributed by atoms with Crippen LogP contribution in [0.1, 0.15) is 43.2 Å². The molecule has 3 rings (SSSR count). The Labute approximate surface area is 195 Å². The van der Waals surface area contributed by atoms with Gasteiger partial charge in [-0.1, -0.05) is 48.5 Å². The molecule has 1 amide bonds. The van der Waals surface area contributed by atoms with E-state index in [1.54, 1.807) is 18.3 Å². The highest BCUT2D eigenvalue weighted by molar-refractivity contribution is 9.10. The van der Waals surface area contributed by atoms with Crippen LogP contribution in [0.25, 0.3) is 0 Å². The van der Waals surface area contributed by atoms with Crippen molar-refractivity contribution in [2.45, 2.75) is 44.8 Å². The van der Waals surface area contributed by atoms with Crippen LogP contribution in [0, 0.1) is 0 Å². The lowest BCUT2D eigenvalue weighted by atomic mass is 9.95. The third kappa shape index (κ3) is 7.27. The number of hydrazone groups is 1. The number of nitrogens with zero attached hydrogens (tertiary/aromatic N) is 1. The molecule has 0 aromatic heterocycles. The van der Waals surface area contributed by atoms with Crippen LogP contribution >= 0.6 is 39.1 Å². The smallest absolute Gasteiger partial charge is 0.254 e. The van der Waals surface area contributed by atoms with Crippen molar-refractivity contribution in [3.05, 3.63) is 62.0 Å². The van der Waals surface area contributed by atoms with E-state index in [9.17, 15) is 4.79 Å². The first kappa shape index (κ1) is 23.1. The first-order chi connectivity index (χ1) is 14.5. The summed E-state index contributed by atoms with van der Waals surface area (Å²) >= 11 is 15.6. The molecule has 2 N–H and O–H groups in total. The zero-order valence-electron chi connectivity index (χ0n) is 16.5. The lowest BCUT2D eigenvalue weighted by molar-refractivity contribution is -0.120. The summed E-state index contributed by atoms with van der Waals surface area (Å²) in [7, 11) is 0. The summed E-state index contributed by atoms with van der Waals surface area (Å²) in [4.78, 5) is 11.9. The van der Waals surface area contributed by atoms with Gasteiger partial charge in [0.1, 0.15) is 12.4 Å². The third-order valence-corrected chi connectivity index (χ3v) is 6.12. The molecule has 1 saturated carbocycles. The molecule has 0 aliphatic heterocycles. The van der Waals surface area contributed by atoms with Crippen molar-refractivity contribution >= 4 is 51.3 Å². The summed E-state index contributed by atoms with van der Waals surface area (Å²) < 4.78 is 6.61. The summed E-state index contributed by atoms with van der Waals surface area (Å²) in [5.74, 6) is 0.537. The topological polar surface area (TPSA) is 62.7 Å². The molecule has 0 heterocycles. The minimum Gasteiger partial charge on any atom is -0.488 e. The van der Waals surface area contributed by atoms with Crippen LogP contribution < -0.4 is 15.5 Å². The zero-order chi connectivity index (χ0) is 21.3. The maximum Gasteiger partial charge on any atom is 0.254 e. The first-order valence-corrected chi connectivity index (χ1v) is 11.5. The molecule has 2 aromatic rings. The quantitative estimate of drug-likeness (QED) is 0.352. The third-order valence-electron chi connectivity index (χ3n) is 4.91. The molecular formula is C22H24BrCl2N3O2. The number of carbonyl (C=O) groups excluding carboxylic acids is 1. The van der Waals surface area contributed by atoms with Crippen molar-refractivity contribution in [2.75, 3.05) is 6.54 Å². The van der Waals surface area contributed by atoms with E-state index in [1.165, 1.54) is 19.3 Å². The van der Waals surface area contributed by atoms with Gasteiger partial charge < -0.3 is 10.1 Å². The highest BCUT2D eigenvalue weighted by Crippen LogP contribution is 2.28. The number of hydrogen-bond donors (Lipinski definition) is 2. The van der Waals surface area contributed by atoms with Gasteiger partial charge in [-0.3, -0.25) is 4.79 Å². The molecule has 1 aliphatic carbocycles. The van der Waals surface area contributed by atoms with Crippen molar-refractivity contribution in [1.29, 1.82) is 0 Å². The van der Waals surface area contributed by atoms with E-state index in [2.05, 4.69) is 31.8 Å². The average Bonchev–Trinajstić information content (AvgIpc) is 2.73. The number of amides is 1. The van der Waals surface area contributed by atoms with Crippen molar-refractivity contribution < 1.29 is 9.53 Å². The molecule has 0 spiro atoms. The van der Waals surface area contributed by atoms with Crippen molar-refractivity contribution in [2.24, 2.45) is 5.10 Å². The molecule has 0 radical (unpaired) electrons. The molecule has 30 heavy (non-hydrogen) atoms. The predicted octanol–water partition coefficient (Wildman–Crippen LogP) is 5.71. The summed E-state index contributed by atoms with van der Waals surface area (Å²) in [6.45, 7) is 0.609. The molecule has 8 heteroatoms. The Kier molecular flexibility index (Phi) is 9.00. The molecule has 2 aromatic carbocycles. The lowest BCUT2D eigenvalue weighted by Crippen LogP contribution is -2.38. The van der Waals surface area contributed by atoms with Crippen LogP contribution in [0.3, 0.4) is 0 Å². The van der Waals surface area contributed by atoms with E-state index in [1.807, 2.05) is 24.3 Å². The van der Waals surface area contributed by atoms with Gasteiger partial charge in [0.2, 0.25) is 0 Å².